The Bertz CT molecular complexity index is 4250. The summed E-state index contributed by atoms with van der Waals surface area (Å²) in [5.41, 5.74) is 2.60. The largest absolute Gasteiger partial charge is 0.490 e. The Morgan fingerprint density at radius 3 is 1.10 bits per heavy atom. The minimum atomic E-state index is -0.0591. The van der Waals surface area contributed by atoms with Gasteiger partial charge < -0.3 is 28.9 Å². The molecule has 0 atom stereocenters. The van der Waals surface area contributed by atoms with Crippen molar-refractivity contribution in [3.8, 4) is 85.4 Å². The second kappa shape index (κ2) is 25.4. The lowest BCUT2D eigenvalue weighted by Crippen LogP contribution is -2.00. The van der Waals surface area contributed by atoms with E-state index in [1.165, 1.54) is 0 Å². The van der Waals surface area contributed by atoms with Crippen LogP contribution in [0.2, 0.25) is 60.3 Å². The molecule has 0 unspecified atom stereocenters. The molecule has 0 aliphatic carbocycles. The first-order chi connectivity index (χ1) is 40.1. The van der Waals surface area contributed by atoms with E-state index in [1.807, 2.05) is 48.5 Å². The van der Waals surface area contributed by atoms with Crippen LogP contribution in [-0.4, -0.2) is 59.7 Å². The van der Waals surface area contributed by atoms with E-state index in [4.69, 9.17) is 188 Å². The number of para-hydroxylation sites is 1. The fourth-order valence-corrected chi connectivity index (χ4v) is 13.4. The molecule has 12 nitrogen and oxygen atoms in total. The van der Waals surface area contributed by atoms with Crippen LogP contribution < -0.4 is 18.9 Å². The molecule has 83 heavy (non-hydrogen) atoms. The standard InChI is InChI=1S/C59H44Cl12N8O4/c1-4-7-15-22-80-48-40(64)32-28(36(60)44(48)68)52-72-56(32)73-53-29-33(41(65)49(45(69)37(29)61)81-23-16-8-5-2)58(75-53)77-55-31-35(43(67)51(47(71)39(31)63)83-27-21-14-13-20-26(27)25-18-11-10-12-19-25)59(79-55)78-54-30-34(57(74-52)76-54)42(66)50(46(70)38(30)62)82-24-17-9-6-3/h10-14,18-21H,4-9,15-17,22-24H2,1-3H3,(H2,72,73,74,75,76,77,78,79). The Kier molecular flexibility index (Phi) is 18.4. The SMILES string of the molecule is CCCCCOc1c(Cl)c(Cl)c2c(c1Cl)-c1nc-2nc2[nH]c(nc3nc(nc4[nH]c(n1)c1c(Cl)c(Cl)c(OCCCCC)c(Cl)c41)-c1c(Cl)c(Cl)c(OCCCCC)c(Cl)c1-3)c1c(Cl)c(Cl)c(Oc3ccccc3-c3ccccc3)c(Cl)c21. The van der Waals surface area contributed by atoms with Crippen LogP contribution >= 0.6 is 139 Å². The summed E-state index contributed by atoms with van der Waals surface area (Å²) in [6, 6.07) is 17.1. The quantitative estimate of drug-likeness (QED) is 0.0629. The van der Waals surface area contributed by atoms with Gasteiger partial charge in [0.15, 0.2) is 46.3 Å². The van der Waals surface area contributed by atoms with Crippen LogP contribution in [0.1, 0.15) is 78.6 Å². The van der Waals surface area contributed by atoms with Gasteiger partial charge >= 0.3 is 0 Å². The van der Waals surface area contributed by atoms with E-state index in [9.17, 15) is 0 Å². The molecule has 24 heteroatoms. The minimum absolute atomic E-state index is 0.00127. The van der Waals surface area contributed by atoms with Gasteiger partial charge in [-0.05, 0) is 30.9 Å². The number of aromatic amines is 2. The molecule has 0 saturated heterocycles. The minimum Gasteiger partial charge on any atom is -0.490 e. The number of nitrogens with one attached hydrogen (secondary N) is 2. The van der Waals surface area contributed by atoms with Gasteiger partial charge in [-0.2, -0.15) is 0 Å². The van der Waals surface area contributed by atoms with Crippen molar-refractivity contribution in [1.82, 2.24) is 39.9 Å². The lowest BCUT2D eigenvalue weighted by Gasteiger charge is -2.15. The highest BCUT2D eigenvalue weighted by Gasteiger charge is 2.35. The zero-order valence-corrected chi connectivity index (χ0v) is 53.1. The maximum atomic E-state index is 7.60. The van der Waals surface area contributed by atoms with Crippen molar-refractivity contribution in [1.29, 1.82) is 0 Å². The normalized spacial score (nSPS) is 11.9. The zero-order chi connectivity index (χ0) is 58.5. The lowest BCUT2D eigenvalue weighted by atomic mass is 10.0. The topological polar surface area (TPSA) is 146 Å². The number of hydrogen-bond donors (Lipinski definition) is 2. The van der Waals surface area contributed by atoms with E-state index in [0.717, 1.165) is 49.7 Å². The molecule has 0 radical (unpaired) electrons. The molecule has 5 heterocycles. The number of fused-ring (bicyclic) bond motifs is 20. The smallest absolute Gasteiger partial charge is 0.166 e. The molecule has 3 aromatic heterocycles. The number of aromatic nitrogens is 8. The fourth-order valence-electron chi connectivity index (χ4n) is 9.84. The average molecular weight is 1350 g/mol. The Labute approximate surface area is 536 Å². The first kappa shape index (κ1) is 60.1. The highest BCUT2D eigenvalue weighted by molar-refractivity contribution is 6.53. The van der Waals surface area contributed by atoms with E-state index in [2.05, 4.69) is 30.7 Å². The van der Waals surface area contributed by atoms with Crippen LogP contribution in [0.3, 0.4) is 0 Å². The molecule has 0 spiro atoms. The number of hydrogen-bond acceptors (Lipinski definition) is 10. The monoisotopic (exact) mass is 1350 g/mol. The van der Waals surface area contributed by atoms with Crippen molar-refractivity contribution in [2.45, 2.75) is 78.6 Å². The Hall–Kier alpha value is -4.64. The molecule has 6 aromatic carbocycles. The third kappa shape index (κ3) is 10.9. The van der Waals surface area contributed by atoms with Crippen molar-refractivity contribution in [3.05, 3.63) is 115 Å². The van der Waals surface area contributed by atoms with Gasteiger partial charge in [-0.1, -0.05) is 247 Å². The van der Waals surface area contributed by atoms with E-state index in [-0.39, 0.29) is 193 Å². The van der Waals surface area contributed by atoms with Gasteiger partial charge in [0.05, 0.1) is 104 Å². The first-order valence-corrected chi connectivity index (χ1v) is 31.0. The average Bonchev–Trinajstić information content (AvgIpc) is 3.33. The van der Waals surface area contributed by atoms with Gasteiger partial charge in [-0.3, -0.25) is 0 Å². The van der Waals surface area contributed by atoms with Gasteiger partial charge in [-0.15, -0.1) is 0 Å². The molecule has 2 aliphatic rings. The summed E-state index contributed by atoms with van der Waals surface area (Å²) in [6.45, 7) is 7.07. The van der Waals surface area contributed by atoms with Gasteiger partial charge in [0.25, 0.3) is 0 Å². The van der Waals surface area contributed by atoms with Gasteiger partial charge in [0.2, 0.25) is 0 Å². The predicted molar refractivity (Wildman–Crippen MR) is 343 cm³/mol. The highest BCUT2D eigenvalue weighted by Crippen LogP contribution is 2.57. The van der Waals surface area contributed by atoms with Crippen LogP contribution in [-0.2, 0) is 0 Å². The van der Waals surface area contributed by atoms with Crippen molar-refractivity contribution < 1.29 is 18.9 Å². The van der Waals surface area contributed by atoms with E-state index in [1.54, 1.807) is 6.07 Å². The molecule has 8 bridgehead atoms. The molecule has 0 amide bonds. The fraction of sp³-hybridized carbons (Fsp3) is 0.254. The predicted octanol–water partition coefficient (Wildman–Crippen LogP) is 22.9. The van der Waals surface area contributed by atoms with Crippen LogP contribution in [0, 0.1) is 0 Å². The molecule has 11 rings (SSSR count). The van der Waals surface area contributed by atoms with Gasteiger partial charge in [0, 0.05) is 5.56 Å². The molecule has 0 saturated carbocycles. The Morgan fingerprint density at radius 1 is 0.337 bits per heavy atom. The summed E-state index contributed by atoms with van der Waals surface area (Å²) >= 11 is 87.9. The molecule has 9 aromatic rings. The summed E-state index contributed by atoms with van der Waals surface area (Å²) in [4.78, 5) is 37.3. The summed E-state index contributed by atoms with van der Waals surface area (Å²) < 4.78 is 25.5. The molecule has 2 aliphatic heterocycles. The third-order valence-electron chi connectivity index (χ3n) is 13.9. The van der Waals surface area contributed by atoms with Crippen molar-refractivity contribution in [3.63, 3.8) is 0 Å². The third-order valence-corrected chi connectivity index (χ3v) is 18.7. The van der Waals surface area contributed by atoms with Crippen LogP contribution in [0.4, 0.5) is 0 Å². The highest BCUT2D eigenvalue weighted by atomic mass is 35.5. The molecule has 428 valence electrons. The lowest BCUT2D eigenvalue weighted by molar-refractivity contribution is 0.306. The van der Waals surface area contributed by atoms with Crippen LogP contribution in [0.15, 0.2) is 54.6 Å². The Balaban J connectivity index is 1.30. The van der Waals surface area contributed by atoms with Crippen molar-refractivity contribution in [2.75, 3.05) is 19.8 Å². The molecule has 0 fully saturated rings. The van der Waals surface area contributed by atoms with E-state index >= 15 is 0 Å². The van der Waals surface area contributed by atoms with E-state index < -0.39 is 0 Å². The van der Waals surface area contributed by atoms with Crippen LogP contribution in [0.25, 0.3) is 101 Å². The first-order valence-electron chi connectivity index (χ1n) is 26.4. The maximum absolute atomic E-state index is 7.60. The summed E-state index contributed by atoms with van der Waals surface area (Å²) in [5, 5.41) is 0.877. The Morgan fingerprint density at radius 2 is 0.675 bits per heavy atom. The molecular formula is C59H44Cl12N8O4. The summed E-state index contributed by atoms with van der Waals surface area (Å²) in [7, 11) is 0. The number of nitrogens with zero attached hydrogens (tertiary/aromatic N) is 6. The van der Waals surface area contributed by atoms with Crippen molar-refractivity contribution in [2.24, 2.45) is 0 Å². The maximum Gasteiger partial charge on any atom is 0.166 e. The zero-order valence-electron chi connectivity index (χ0n) is 44.0. The number of ether oxygens (including phenoxy) is 4. The van der Waals surface area contributed by atoms with Crippen LogP contribution in [0.5, 0.6) is 28.7 Å². The second-order valence-electron chi connectivity index (χ2n) is 19.3. The number of H-pyrrole nitrogens is 2. The number of unbranched alkanes of at least 4 members (excludes halogenated alkanes) is 6. The molecular weight excluding hydrogens is 1310 g/mol. The number of halogens is 12. The van der Waals surface area contributed by atoms with Gasteiger partial charge in [0.1, 0.15) is 48.4 Å². The molecule has 2 N–H and O–H groups in total. The summed E-state index contributed by atoms with van der Waals surface area (Å²) in [5.74, 6) is 0.629. The number of benzene rings is 6. The van der Waals surface area contributed by atoms with Gasteiger partial charge in [-0.25, -0.2) is 29.9 Å². The number of rotatable bonds is 18. The van der Waals surface area contributed by atoms with Crippen molar-refractivity contribution >= 4 is 183 Å². The summed E-state index contributed by atoms with van der Waals surface area (Å²) in [6.07, 6.45) is 7.61. The second-order valence-corrected chi connectivity index (χ2v) is 23.9. The van der Waals surface area contributed by atoms with E-state index in [0.29, 0.717) is 25.0 Å².